The zero-order valence-corrected chi connectivity index (χ0v) is 7.86. The van der Waals surface area contributed by atoms with E-state index in [1.165, 1.54) is 12.1 Å². The van der Waals surface area contributed by atoms with E-state index in [0.717, 1.165) is 12.1 Å². The molecule has 0 aromatic heterocycles. The molecule has 1 nitrogen and oxygen atoms in total. The summed E-state index contributed by atoms with van der Waals surface area (Å²) in [5, 5.41) is 2.53. The Morgan fingerprint density at radius 2 is 2.07 bits per heavy atom. The van der Waals surface area contributed by atoms with Gasteiger partial charge in [-0.25, -0.2) is 4.39 Å². The minimum Gasteiger partial charge on any atom is -0.311 e. The number of halogens is 3. The van der Waals surface area contributed by atoms with Gasteiger partial charge in [-0.1, -0.05) is 19.1 Å². The number of likely N-dealkylation sites (N-methyl/N-ethyl adjacent to an activating group) is 1. The van der Waals surface area contributed by atoms with Crippen LogP contribution < -0.4 is 5.32 Å². The third-order valence-electron chi connectivity index (χ3n) is 1.84. The highest BCUT2D eigenvalue weighted by Gasteiger charge is 2.30. The third-order valence-corrected chi connectivity index (χ3v) is 1.84. The van der Waals surface area contributed by atoms with E-state index in [9.17, 15) is 13.2 Å². The highest BCUT2D eigenvalue weighted by atomic mass is 19.3. The second-order valence-corrected chi connectivity index (χ2v) is 3.00. The summed E-state index contributed by atoms with van der Waals surface area (Å²) < 4.78 is 39.3. The molecule has 4 heteroatoms. The number of alkyl halides is 2. The van der Waals surface area contributed by atoms with Crippen molar-refractivity contribution in [1.82, 2.24) is 5.32 Å². The van der Waals surface area contributed by atoms with Gasteiger partial charge in [0.25, 0.3) is 5.92 Å². The van der Waals surface area contributed by atoms with Crippen molar-refractivity contribution in [1.29, 1.82) is 0 Å². The molecule has 78 valence electrons. The van der Waals surface area contributed by atoms with Crippen LogP contribution in [0.4, 0.5) is 13.2 Å². The first kappa shape index (κ1) is 11.0. The Morgan fingerprint density at radius 3 is 2.64 bits per heavy atom. The van der Waals surface area contributed by atoms with E-state index < -0.39 is 18.3 Å². The highest BCUT2D eigenvalue weighted by Crippen LogP contribution is 2.27. The lowest BCUT2D eigenvalue weighted by Crippen LogP contribution is -2.30. The first-order chi connectivity index (χ1) is 6.56. The second kappa shape index (κ2) is 4.46. The first-order valence-electron chi connectivity index (χ1n) is 4.41. The molecule has 1 aromatic carbocycles. The van der Waals surface area contributed by atoms with Crippen LogP contribution in [0.5, 0.6) is 0 Å². The molecule has 0 aliphatic carbocycles. The minimum absolute atomic E-state index is 0.293. The van der Waals surface area contributed by atoms with E-state index in [1.807, 2.05) is 0 Å². The molecule has 0 aliphatic rings. The zero-order chi connectivity index (χ0) is 10.6. The first-order valence-corrected chi connectivity index (χ1v) is 4.41. The smallest absolute Gasteiger partial charge is 0.285 e. The van der Waals surface area contributed by atoms with Crippen LogP contribution in [0.1, 0.15) is 12.5 Å². The lowest BCUT2D eigenvalue weighted by molar-refractivity contribution is -0.00289. The quantitative estimate of drug-likeness (QED) is 0.792. The Bertz CT molecular complexity index is 299. The average molecular weight is 203 g/mol. The molecule has 0 radical (unpaired) electrons. The van der Waals surface area contributed by atoms with Gasteiger partial charge in [0.1, 0.15) is 5.82 Å². The monoisotopic (exact) mass is 203 g/mol. The molecule has 1 rings (SSSR count). The van der Waals surface area contributed by atoms with Gasteiger partial charge < -0.3 is 5.32 Å². The molecule has 0 bridgehead atoms. The summed E-state index contributed by atoms with van der Waals surface area (Å²) in [6.07, 6.45) is 0. The molecule has 0 saturated carbocycles. The van der Waals surface area contributed by atoms with Gasteiger partial charge in [-0.3, -0.25) is 0 Å². The largest absolute Gasteiger partial charge is 0.311 e. The predicted octanol–water partition coefficient (Wildman–Crippen LogP) is 2.53. The summed E-state index contributed by atoms with van der Waals surface area (Å²) in [5.41, 5.74) is -0.293. The van der Waals surface area contributed by atoms with E-state index in [2.05, 4.69) is 5.32 Å². The van der Waals surface area contributed by atoms with Crippen LogP contribution in [0.2, 0.25) is 0 Å². The van der Waals surface area contributed by atoms with Crippen LogP contribution in [-0.4, -0.2) is 13.1 Å². The van der Waals surface area contributed by atoms with Crippen molar-refractivity contribution in [3.05, 3.63) is 35.6 Å². The summed E-state index contributed by atoms with van der Waals surface area (Å²) in [6.45, 7) is 1.74. The molecule has 1 N–H and O–H groups in total. The minimum atomic E-state index is -3.02. The van der Waals surface area contributed by atoms with Crippen molar-refractivity contribution in [2.45, 2.75) is 12.8 Å². The van der Waals surface area contributed by atoms with Crippen LogP contribution in [0.25, 0.3) is 0 Å². The average Bonchev–Trinajstić information content (AvgIpc) is 2.15. The molecule has 0 heterocycles. The Labute approximate surface area is 80.9 Å². The van der Waals surface area contributed by atoms with Crippen molar-refractivity contribution in [3.63, 3.8) is 0 Å². The Hall–Kier alpha value is -1.03. The number of hydrogen-bond acceptors (Lipinski definition) is 1. The van der Waals surface area contributed by atoms with Gasteiger partial charge in [0.15, 0.2) is 0 Å². The van der Waals surface area contributed by atoms with E-state index in [4.69, 9.17) is 0 Å². The topological polar surface area (TPSA) is 12.0 Å². The van der Waals surface area contributed by atoms with Gasteiger partial charge in [-0.15, -0.1) is 0 Å². The Kier molecular flexibility index (Phi) is 3.52. The fourth-order valence-corrected chi connectivity index (χ4v) is 1.10. The molecule has 14 heavy (non-hydrogen) atoms. The zero-order valence-electron chi connectivity index (χ0n) is 7.86. The maximum Gasteiger partial charge on any atom is 0.285 e. The highest BCUT2D eigenvalue weighted by molar-refractivity contribution is 5.21. The molecule has 0 aliphatic heterocycles. The fraction of sp³-hybridized carbons (Fsp3) is 0.400. The Balaban J connectivity index is 2.80. The van der Waals surface area contributed by atoms with Crippen LogP contribution in [0, 0.1) is 5.82 Å². The molecule has 0 fully saturated rings. The van der Waals surface area contributed by atoms with Crippen LogP contribution in [-0.2, 0) is 5.92 Å². The van der Waals surface area contributed by atoms with Crippen LogP contribution in [0.15, 0.2) is 24.3 Å². The second-order valence-electron chi connectivity index (χ2n) is 3.00. The SMILES string of the molecule is CCNCC(F)(F)c1cccc(F)c1. The summed E-state index contributed by atoms with van der Waals surface area (Å²) in [4.78, 5) is 0. The maximum atomic E-state index is 13.3. The molecular weight excluding hydrogens is 191 g/mol. The number of benzene rings is 1. The van der Waals surface area contributed by atoms with Crippen molar-refractivity contribution < 1.29 is 13.2 Å². The predicted molar refractivity (Wildman–Crippen MR) is 48.8 cm³/mol. The molecule has 1 aromatic rings. The van der Waals surface area contributed by atoms with Crippen LogP contribution >= 0.6 is 0 Å². The molecule has 0 atom stereocenters. The van der Waals surface area contributed by atoms with Crippen LogP contribution in [0.3, 0.4) is 0 Å². The standard InChI is InChI=1S/C10H12F3N/c1-2-14-7-10(12,13)8-4-3-5-9(11)6-8/h3-6,14H,2,7H2,1H3. The summed E-state index contributed by atoms with van der Waals surface area (Å²) >= 11 is 0. The molecular formula is C10H12F3N. The molecule has 0 spiro atoms. The summed E-state index contributed by atoms with van der Waals surface area (Å²) in [6, 6.07) is 4.51. The van der Waals surface area contributed by atoms with Crippen molar-refractivity contribution in [2.24, 2.45) is 0 Å². The Morgan fingerprint density at radius 1 is 1.36 bits per heavy atom. The number of nitrogens with one attached hydrogen (secondary N) is 1. The van der Waals surface area contributed by atoms with Gasteiger partial charge in [-0.2, -0.15) is 8.78 Å². The van der Waals surface area contributed by atoms with Gasteiger partial charge in [-0.05, 0) is 18.7 Å². The van der Waals surface area contributed by atoms with Gasteiger partial charge in [0.05, 0.1) is 6.54 Å². The van der Waals surface area contributed by atoms with E-state index in [0.29, 0.717) is 6.54 Å². The van der Waals surface area contributed by atoms with Crippen molar-refractivity contribution in [3.8, 4) is 0 Å². The molecule has 0 unspecified atom stereocenters. The van der Waals surface area contributed by atoms with Crippen molar-refractivity contribution in [2.75, 3.05) is 13.1 Å². The summed E-state index contributed by atoms with van der Waals surface area (Å²) in [7, 11) is 0. The van der Waals surface area contributed by atoms with E-state index in [-0.39, 0.29) is 5.56 Å². The van der Waals surface area contributed by atoms with Gasteiger partial charge >= 0.3 is 0 Å². The summed E-state index contributed by atoms with van der Waals surface area (Å²) in [5.74, 6) is -3.66. The molecule has 0 amide bonds. The number of hydrogen-bond donors (Lipinski definition) is 1. The van der Waals surface area contributed by atoms with Gasteiger partial charge in [0.2, 0.25) is 0 Å². The maximum absolute atomic E-state index is 13.3. The normalized spacial score (nSPS) is 11.7. The van der Waals surface area contributed by atoms with Gasteiger partial charge in [0, 0.05) is 5.56 Å². The number of rotatable bonds is 4. The lowest BCUT2D eigenvalue weighted by atomic mass is 10.1. The lowest BCUT2D eigenvalue weighted by Gasteiger charge is -2.16. The molecule has 0 saturated heterocycles. The van der Waals surface area contributed by atoms with E-state index >= 15 is 0 Å². The fourth-order valence-electron chi connectivity index (χ4n) is 1.10. The third kappa shape index (κ3) is 2.73. The van der Waals surface area contributed by atoms with Crippen molar-refractivity contribution >= 4 is 0 Å². The van der Waals surface area contributed by atoms with E-state index in [1.54, 1.807) is 6.92 Å².